The summed E-state index contributed by atoms with van der Waals surface area (Å²) in [5.41, 5.74) is 2.46. The monoisotopic (exact) mass is 769 g/mol. The summed E-state index contributed by atoms with van der Waals surface area (Å²) in [6, 6.07) is 5.34. The number of hydrogen-bond acceptors (Lipinski definition) is 9. The molecule has 3 aliphatic heterocycles. The Morgan fingerprint density at radius 2 is 1.76 bits per heavy atom. The molecule has 0 aliphatic carbocycles. The molecule has 2 aromatic carbocycles. The molecule has 16 heteroatoms. The zero-order valence-electron chi connectivity index (χ0n) is 30.9. The van der Waals surface area contributed by atoms with Gasteiger partial charge < -0.3 is 28.9 Å². The van der Waals surface area contributed by atoms with E-state index in [9.17, 15) is 26.7 Å². The van der Waals surface area contributed by atoms with E-state index in [4.69, 9.17) is 24.2 Å². The number of ether oxygens (including phenoxy) is 3. The van der Waals surface area contributed by atoms with E-state index >= 15 is 0 Å². The highest BCUT2D eigenvalue weighted by Crippen LogP contribution is 2.48. The summed E-state index contributed by atoms with van der Waals surface area (Å²) in [5.74, 6) is -5.12. The lowest BCUT2D eigenvalue weighted by Gasteiger charge is -2.54. The number of benzene rings is 2. The normalized spacial score (nSPS) is 18.2. The average molecular weight is 770 g/mol. The van der Waals surface area contributed by atoms with Crippen molar-refractivity contribution in [3.63, 3.8) is 0 Å². The largest absolute Gasteiger partial charge is 0.484 e. The van der Waals surface area contributed by atoms with Crippen LogP contribution in [-0.4, -0.2) is 120 Å². The number of rotatable bonds is 12. The lowest BCUT2D eigenvalue weighted by Crippen LogP contribution is -2.61. The third kappa shape index (κ3) is 7.45. The van der Waals surface area contributed by atoms with Gasteiger partial charge in [-0.1, -0.05) is 25.3 Å². The number of aromatic nitrogens is 4. The number of likely N-dealkylation sites (tertiary alicyclic amines) is 2. The van der Waals surface area contributed by atoms with Crippen molar-refractivity contribution in [3.8, 4) is 22.9 Å². The van der Waals surface area contributed by atoms with Gasteiger partial charge in [0.2, 0.25) is 5.91 Å². The van der Waals surface area contributed by atoms with Crippen LogP contribution in [0.4, 0.5) is 27.8 Å². The number of nitrogens with one attached hydrogen (secondary N) is 1. The summed E-state index contributed by atoms with van der Waals surface area (Å²) >= 11 is 0. The zero-order chi connectivity index (χ0) is 39.1. The lowest BCUT2D eigenvalue weighted by atomic mass is 9.72. The van der Waals surface area contributed by atoms with Crippen LogP contribution in [-0.2, 0) is 9.53 Å². The summed E-state index contributed by atoms with van der Waals surface area (Å²) in [7, 11) is 1.65. The molecule has 0 bridgehead atoms. The van der Waals surface area contributed by atoms with Gasteiger partial charge in [-0.25, -0.2) is 0 Å². The van der Waals surface area contributed by atoms with Gasteiger partial charge in [0, 0.05) is 74.7 Å². The number of nitrogens with zero attached hydrogens (tertiary/aromatic N) is 6. The molecular formula is C39H44F5N7O4. The minimum absolute atomic E-state index is 0.0303. The number of aryl methyl sites for hydroxylation is 1. The minimum Gasteiger partial charge on any atom is -0.484 e. The molecule has 1 N–H and O–H groups in total. The van der Waals surface area contributed by atoms with Crippen LogP contribution in [0.3, 0.4) is 0 Å². The molecular weight excluding hydrogens is 725 g/mol. The molecule has 1 amide bonds. The Balaban J connectivity index is 1.36. The number of amides is 1. The second-order valence-corrected chi connectivity index (χ2v) is 14.7. The molecule has 3 fully saturated rings. The van der Waals surface area contributed by atoms with Gasteiger partial charge in [0.25, 0.3) is 0 Å². The first kappa shape index (κ1) is 38.4. The highest BCUT2D eigenvalue weighted by Gasteiger charge is 2.58. The van der Waals surface area contributed by atoms with Crippen LogP contribution in [0.5, 0.6) is 11.8 Å². The molecule has 0 atom stereocenters. The molecule has 5 heterocycles. The second-order valence-electron chi connectivity index (χ2n) is 14.7. The first-order chi connectivity index (χ1) is 26.3. The van der Waals surface area contributed by atoms with Crippen LogP contribution in [0.15, 0.2) is 43.6 Å². The van der Waals surface area contributed by atoms with Crippen molar-refractivity contribution in [1.29, 1.82) is 0 Å². The van der Waals surface area contributed by atoms with Crippen LogP contribution in [0.25, 0.3) is 39.0 Å². The number of carbonyl (C=O) groups is 1. The molecule has 2 aromatic heterocycles. The summed E-state index contributed by atoms with van der Waals surface area (Å²) in [4.78, 5) is 27.9. The molecule has 55 heavy (non-hydrogen) atoms. The standard InChI is InChI=1S/C39H44F5N7O4/c1-5-25-19-27-33(34(54-23-38(40,41)39(42,43)44)32(25)31-24(3)7-8-29-28(31)20-45-48-29)46-36(55-26-9-13-49(14-10-26)17-18-53-4)47-35(27)50-15-11-37(12-16-50)21-51(22-37)30(52)6-2/h5-8,19-20,26H,1-2,9-18,21-23H2,3-4H3,(H,45,48). The third-order valence-corrected chi connectivity index (χ3v) is 11.1. The number of H-pyrrole nitrogens is 1. The van der Waals surface area contributed by atoms with Crippen LogP contribution in [0.2, 0.25) is 0 Å². The molecule has 4 aromatic rings. The van der Waals surface area contributed by atoms with Crippen molar-refractivity contribution in [2.75, 3.05) is 71.0 Å². The quantitative estimate of drug-likeness (QED) is 0.123. The van der Waals surface area contributed by atoms with Gasteiger partial charge in [-0.3, -0.25) is 9.89 Å². The topological polar surface area (TPSA) is 109 Å². The molecule has 0 radical (unpaired) electrons. The Morgan fingerprint density at radius 3 is 2.42 bits per heavy atom. The number of anilines is 1. The number of hydrogen-bond donors (Lipinski definition) is 1. The smallest absolute Gasteiger partial charge is 0.456 e. The Bertz CT molecular complexity index is 2080. The van der Waals surface area contributed by atoms with E-state index < -0.39 is 18.7 Å². The van der Waals surface area contributed by atoms with E-state index in [0.29, 0.717) is 84.4 Å². The molecule has 1 spiro atoms. The van der Waals surface area contributed by atoms with Crippen molar-refractivity contribution >= 4 is 39.6 Å². The van der Waals surface area contributed by atoms with Crippen molar-refractivity contribution in [2.24, 2.45) is 5.41 Å². The van der Waals surface area contributed by atoms with Gasteiger partial charge in [-0.15, -0.1) is 0 Å². The fraction of sp³-hybridized carbons (Fsp3) is 0.487. The number of fused-ring (bicyclic) bond motifs is 2. The first-order valence-electron chi connectivity index (χ1n) is 18.3. The zero-order valence-corrected chi connectivity index (χ0v) is 30.9. The maximum Gasteiger partial charge on any atom is 0.456 e. The SMILES string of the molecule is C=CC(=O)N1CC2(CCN(c3nc(OC4CCN(CCOC)CC4)nc4c(OCC(F)(F)C(F)(F)F)c(-c5c(C)ccc6[nH]ncc56)c(C=C)cc34)CC2)C1. The number of piperidine rings is 2. The van der Waals surface area contributed by atoms with Gasteiger partial charge in [0.1, 0.15) is 17.4 Å². The van der Waals surface area contributed by atoms with Gasteiger partial charge in [-0.05, 0) is 67.5 Å². The highest BCUT2D eigenvalue weighted by atomic mass is 19.4. The summed E-state index contributed by atoms with van der Waals surface area (Å²) in [5, 5.41) is 8.05. The van der Waals surface area contributed by atoms with E-state index in [2.05, 4.69) is 33.2 Å². The van der Waals surface area contributed by atoms with Crippen molar-refractivity contribution in [3.05, 3.63) is 54.8 Å². The molecule has 0 unspecified atom stereocenters. The Morgan fingerprint density at radius 1 is 1.04 bits per heavy atom. The molecule has 0 saturated carbocycles. The van der Waals surface area contributed by atoms with Crippen LogP contribution in [0.1, 0.15) is 36.8 Å². The summed E-state index contributed by atoms with van der Waals surface area (Å²) < 4.78 is 87.6. The number of aromatic amines is 1. The van der Waals surface area contributed by atoms with E-state index in [1.165, 1.54) is 12.2 Å². The van der Waals surface area contributed by atoms with E-state index in [-0.39, 0.29) is 40.3 Å². The maximum absolute atomic E-state index is 14.7. The highest BCUT2D eigenvalue weighted by molar-refractivity contribution is 6.07. The van der Waals surface area contributed by atoms with Crippen molar-refractivity contribution in [1.82, 2.24) is 30.0 Å². The molecule has 11 nitrogen and oxygen atoms in total. The van der Waals surface area contributed by atoms with Gasteiger partial charge in [-0.2, -0.15) is 37.0 Å². The van der Waals surface area contributed by atoms with Crippen LogP contribution < -0.4 is 14.4 Å². The molecule has 7 rings (SSSR count). The molecule has 3 saturated heterocycles. The van der Waals surface area contributed by atoms with Gasteiger partial charge >= 0.3 is 18.1 Å². The number of methoxy groups -OCH3 is 1. The predicted molar refractivity (Wildman–Crippen MR) is 199 cm³/mol. The summed E-state index contributed by atoms with van der Waals surface area (Å²) in [6.45, 7) is 12.6. The molecule has 3 aliphatic rings. The van der Waals surface area contributed by atoms with E-state index in [1.54, 1.807) is 43.3 Å². The molecule has 294 valence electrons. The minimum atomic E-state index is -5.86. The number of carbonyl (C=O) groups excluding carboxylic acids is 1. The number of alkyl halides is 5. The third-order valence-electron chi connectivity index (χ3n) is 11.1. The summed E-state index contributed by atoms with van der Waals surface area (Å²) in [6.07, 6.45) is 1.06. The Labute approximate surface area is 315 Å². The Hall–Kier alpha value is -4.83. The fourth-order valence-corrected chi connectivity index (χ4v) is 7.95. The fourth-order valence-electron chi connectivity index (χ4n) is 7.95. The van der Waals surface area contributed by atoms with E-state index in [0.717, 1.165) is 32.5 Å². The van der Waals surface area contributed by atoms with Crippen molar-refractivity contribution in [2.45, 2.75) is 50.8 Å². The van der Waals surface area contributed by atoms with E-state index in [1.807, 2.05) is 0 Å². The van der Waals surface area contributed by atoms with Gasteiger partial charge in [0.15, 0.2) is 12.4 Å². The average Bonchev–Trinajstić information content (AvgIpc) is 3.63. The maximum atomic E-state index is 14.7. The van der Waals surface area contributed by atoms with Crippen molar-refractivity contribution < 1.29 is 41.0 Å². The Kier molecular flexibility index (Phi) is 10.5. The van der Waals surface area contributed by atoms with Crippen LogP contribution in [0, 0.1) is 12.3 Å². The second kappa shape index (κ2) is 15.0. The van der Waals surface area contributed by atoms with Crippen LogP contribution >= 0.6 is 0 Å². The predicted octanol–water partition coefficient (Wildman–Crippen LogP) is 6.81. The number of halogens is 5. The first-order valence-corrected chi connectivity index (χ1v) is 18.3. The van der Waals surface area contributed by atoms with Gasteiger partial charge in [0.05, 0.1) is 18.3 Å². The lowest BCUT2D eigenvalue weighted by molar-refractivity contribution is -0.289.